The van der Waals surface area contributed by atoms with Crippen molar-refractivity contribution in [1.29, 1.82) is 5.41 Å². The van der Waals surface area contributed by atoms with Gasteiger partial charge in [0, 0.05) is 24.9 Å². The largest absolute Gasteiger partial charge is 0.388 e. The van der Waals surface area contributed by atoms with E-state index >= 15 is 0 Å². The molecule has 0 aliphatic carbocycles. The Bertz CT molecular complexity index is 561. The minimum atomic E-state index is 0.126. The predicted octanol–water partition coefficient (Wildman–Crippen LogP) is 1.78. The maximum absolute atomic E-state index is 7.36. The second-order valence-electron chi connectivity index (χ2n) is 4.40. The molecule has 0 bridgehead atoms. The van der Waals surface area contributed by atoms with Crippen LogP contribution in [0.15, 0.2) is 30.6 Å². The molecule has 5 nitrogen and oxygen atoms in total. The summed E-state index contributed by atoms with van der Waals surface area (Å²) in [6.07, 6.45) is 2.09. The summed E-state index contributed by atoms with van der Waals surface area (Å²) in [5.74, 6) is 1.06. The number of amidine groups is 1. The van der Waals surface area contributed by atoms with E-state index < -0.39 is 0 Å². The van der Waals surface area contributed by atoms with Crippen LogP contribution in [-0.4, -0.2) is 28.9 Å². The van der Waals surface area contributed by atoms with Gasteiger partial charge in [0.05, 0.1) is 11.4 Å². The Kier molecular flexibility index (Phi) is 3.41. The van der Waals surface area contributed by atoms with Crippen molar-refractivity contribution in [1.82, 2.24) is 9.97 Å². The second kappa shape index (κ2) is 5.00. The van der Waals surface area contributed by atoms with Gasteiger partial charge in [0.2, 0.25) is 0 Å². The fraction of sp³-hybridized carbons (Fsp3) is 0.308. The van der Waals surface area contributed by atoms with Crippen molar-refractivity contribution in [3.8, 4) is 0 Å². The first kappa shape index (κ1) is 12.3. The SMILES string of the molecule is CC(CC(=N)N)N(C)c1ncnc2ccccc12. The molecule has 1 atom stereocenters. The molecule has 0 saturated carbocycles. The summed E-state index contributed by atoms with van der Waals surface area (Å²) in [5, 5.41) is 8.37. The van der Waals surface area contributed by atoms with Crippen LogP contribution in [-0.2, 0) is 0 Å². The molecule has 1 aromatic carbocycles. The Morgan fingerprint density at radius 1 is 1.39 bits per heavy atom. The van der Waals surface area contributed by atoms with E-state index in [1.54, 1.807) is 6.33 Å². The van der Waals surface area contributed by atoms with Crippen molar-refractivity contribution >= 4 is 22.6 Å². The van der Waals surface area contributed by atoms with Gasteiger partial charge in [0.15, 0.2) is 0 Å². The van der Waals surface area contributed by atoms with Crippen LogP contribution < -0.4 is 10.6 Å². The summed E-state index contributed by atoms with van der Waals surface area (Å²) in [4.78, 5) is 10.6. The zero-order valence-electron chi connectivity index (χ0n) is 10.6. The van der Waals surface area contributed by atoms with Gasteiger partial charge in [-0.05, 0) is 19.1 Å². The molecule has 2 rings (SSSR count). The number of nitrogens with one attached hydrogen (secondary N) is 1. The number of nitrogens with two attached hydrogens (primary N) is 1. The molecule has 2 aromatic rings. The molecule has 0 spiro atoms. The fourth-order valence-corrected chi connectivity index (χ4v) is 1.94. The molecular formula is C13H17N5. The van der Waals surface area contributed by atoms with E-state index in [4.69, 9.17) is 11.1 Å². The average molecular weight is 243 g/mol. The van der Waals surface area contributed by atoms with Crippen LogP contribution in [0.2, 0.25) is 0 Å². The van der Waals surface area contributed by atoms with Crippen molar-refractivity contribution in [3.63, 3.8) is 0 Å². The molecule has 1 aromatic heterocycles. The summed E-state index contributed by atoms with van der Waals surface area (Å²) in [7, 11) is 1.96. The lowest BCUT2D eigenvalue weighted by Gasteiger charge is -2.26. The molecule has 0 aliphatic rings. The lowest BCUT2D eigenvalue weighted by molar-refractivity contribution is 0.702. The number of rotatable bonds is 4. The third-order valence-electron chi connectivity index (χ3n) is 3.03. The first-order chi connectivity index (χ1) is 8.59. The van der Waals surface area contributed by atoms with E-state index in [0.29, 0.717) is 6.42 Å². The zero-order valence-corrected chi connectivity index (χ0v) is 10.6. The predicted molar refractivity (Wildman–Crippen MR) is 73.9 cm³/mol. The molecule has 0 saturated heterocycles. The standard InChI is InChI=1S/C13H17N5/c1-9(7-12(14)15)18(2)13-10-5-3-4-6-11(10)16-8-17-13/h3-6,8-9H,7H2,1-2H3,(H3,14,15). The van der Waals surface area contributed by atoms with Crippen LogP contribution >= 0.6 is 0 Å². The van der Waals surface area contributed by atoms with Crippen molar-refractivity contribution in [2.45, 2.75) is 19.4 Å². The lowest BCUT2D eigenvalue weighted by atomic mass is 10.1. The van der Waals surface area contributed by atoms with Crippen LogP contribution in [0.4, 0.5) is 5.82 Å². The van der Waals surface area contributed by atoms with Crippen LogP contribution in [0, 0.1) is 5.41 Å². The van der Waals surface area contributed by atoms with Gasteiger partial charge in [-0.25, -0.2) is 9.97 Å². The van der Waals surface area contributed by atoms with E-state index in [2.05, 4.69) is 9.97 Å². The van der Waals surface area contributed by atoms with Crippen molar-refractivity contribution < 1.29 is 0 Å². The highest BCUT2D eigenvalue weighted by Gasteiger charge is 2.14. The third kappa shape index (κ3) is 2.40. The molecule has 5 heteroatoms. The second-order valence-corrected chi connectivity index (χ2v) is 4.40. The summed E-state index contributed by atoms with van der Waals surface area (Å²) in [6.45, 7) is 2.03. The van der Waals surface area contributed by atoms with Gasteiger partial charge < -0.3 is 10.6 Å². The number of hydrogen-bond donors (Lipinski definition) is 2. The Hall–Kier alpha value is -2.17. The number of nitrogens with zero attached hydrogens (tertiary/aromatic N) is 3. The molecule has 1 heterocycles. The topological polar surface area (TPSA) is 78.9 Å². The molecular weight excluding hydrogens is 226 g/mol. The maximum atomic E-state index is 7.36. The van der Waals surface area contributed by atoms with Gasteiger partial charge in [0.1, 0.15) is 12.1 Å². The van der Waals surface area contributed by atoms with Crippen molar-refractivity contribution in [3.05, 3.63) is 30.6 Å². The molecule has 0 radical (unpaired) electrons. The van der Waals surface area contributed by atoms with Crippen LogP contribution in [0.1, 0.15) is 13.3 Å². The lowest BCUT2D eigenvalue weighted by Crippen LogP contribution is -2.33. The molecule has 1 unspecified atom stereocenters. The summed E-state index contributed by atoms with van der Waals surface area (Å²) < 4.78 is 0. The van der Waals surface area contributed by atoms with Gasteiger partial charge >= 0.3 is 0 Å². The van der Waals surface area contributed by atoms with E-state index in [-0.39, 0.29) is 11.9 Å². The molecule has 0 amide bonds. The minimum Gasteiger partial charge on any atom is -0.388 e. The Morgan fingerprint density at radius 3 is 2.83 bits per heavy atom. The normalized spacial score (nSPS) is 12.3. The maximum Gasteiger partial charge on any atom is 0.139 e. The highest BCUT2D eigenvalue weighted by molar-refractivity contribution is 5.89. The number of para-hydroxylation sites is 1. The number of anilines is 1. The first-order valence-electron chi connectivity index (χ1n) is 5.85. The zero-order chi connectivity index (χ0) is 13.1. The monoisotopic (exact) mass is 243 g/mol. The van der Waals surface area contributed by atoms with E-state index in [1.807, 2.05) is 43.1 Å². The smallest absolute Gasteiger partial charge is 0.139 e. The molecule has 94 valence electrons. The summed E-state index contributed by atoms with van der Waals surface area (Å²) in [5.41, 5.74) is 6.37. The third-order valence-corrected chi connectivity index (χ3v) is 3.03. The summed E-state index contributed by atoms with van der Waals surface area (Å²) >= 11 is 0. The molecule has 3 N–H and O–H groups in total. The summed E-state index contributed by atoms with van der Waals surface area (Å²) in [6, 6.07) is 8.02. The van der Waals surface area contributed by atoms with Gasteiger partial charge in [-0.15, -0.1) is 0 Å². The van der Waals surface area contributed by atoms with Gasteiger partial charge in [0.25, 0.3) is 0 Å². The number of aromatic nitrogens is 2. The Balaban J connectivity index is 2.38. The molecule has 0 aliphatic heterocycles. The quantitative estimate of drug-likeness (QED) is 0.633. The number of benzene rings is 1. The number of hydrogen-bond acceptors (Lipinski definition) is 4. The average Bonchev–Trinajstić information content (AvgIpc) is 2.36. The van der Waals surface area contributed by atoms with Gasteiger partial charge in [-0.2, -0.15) is 0 Å². The van der Waals surface area contributed by atoms with Crippen LogP contribution in [0.5, 0.6) is 0 Å². The van der Waals surface area contributed by atoms with E-state index in [1.165, 1.54) is 0 Å². The highest BCUT2D eigenvalue weighted by Crippen LogP contribution is 2.23. The first-order valence-corrected chi connectivity index (χ1v) is 5.85. The van der Waals surface area contributed by atoms with Crippen molar-refractivity contribution in [2.24, 2.45) is 5.73 Å². The minimum absolute atomic E-state index is 0.126. The Morgan fingerprint density at radius 2 is 2.11 bits per heavy atom. The van der Waals surface area contributed by atoms with Gasteiger partial charge in [-0.3, -0.25) is 5.41 Å². The van der Waals surface area contributed by atoms with E-state index in [0.717, 1.165) is 16.7 Å². The fourth-order valence-electron chi connectivity index (χ4n) is 1.94. The van der Waals surface area contributed by atoms with Gasteiger partial charge in [-0.1, -0.05) is 12.1 Å². The molecule has 0 fully saturated rings. The number of fused-ring (bicyclic) bond motifs is 1. The highest BCUT2D eigenvalue weighted by atomic mass is 15.2. The molecule has 18 heavy (non-hydrogen) atoms. The van der Waals surface area contributed by atoms with Crippen LogP contribution in [0.3, 0.4) is 0 Å². The van der Waals surface area contributed by atoms with Crippen molar-refractivity contribution in [2.75, 3.05) is 11.9 Å². The van der Waals surface area contributed by atoms with Crippen LogP contribution in [0.25, 0.3) is 10.9 Å². The Labute approximate surface area is 106 Å². The van der Waals surface area contributed by atoms with E-state index in [9.17, 15) is 0 Å².